The maximum Gasteiger partial charge on any atom is 0.266 e. The lowest BCUT2D eigenvalue weighted by atomic mass is 10.2. The summed E-state index contributed by atoms with van der Waals surface area (Å²) in [5, 5.41) is 4.50. The van der Waals surface area contributed by atoms with Gasteiger partial charge in [-0.3, -0.25) is 14.2 Å². The molecule has 1 heterocycles. The first-order chi connectivity index (χ1) is 13.4. The molecule has 0 saturated carbocycles. The van der Waals surface area contributed by atoms with Crippen LogP contribution in [0.2, 0.25) is 5.02 Å². The minimum atomic E-state index is -0.180. The second-order valence-corrected chi connectivity index (χ2v) is 7.95. The number of para-hydroxylation sites is 1. The molecule has 0 unspecified atom stereocenters. The molecule has 0 bridgehead atoms. The number of carbonyl (C=O) groups excluding carboxylic acids is 1. The highest BCUT2D eigenvalue weighted by molar-refractivity contribution is 7.99. The number of rotatable bonds is 6. The summed E-state index contributed by atoms with van der Waals surface area (Å²) in [6.45, 7) is 5.84. The monoisotopic (exact) mass is 415 g/mol. The van der Waals surface area contributed by atoms with Gasteiger partial charge < -0.3 is 5.32 Å². The molecule has 7 heteroatoms. The fourth-order valence-corrected chi connectivity index (χ4v) is 3.79. The molecule has 3 rings (SSSR count). The van der Waals surface area contributed by atoms with Crippen LogP contribution in [0.1, 0.15) is 25.8 Å². The highest BCUT2D eigenvalue weighted by Crippen LogP contribution is 2.26. The summed E-state index contributed by atoms with van der Waals surface area (Å²) < 4.78 is 1.55. The van der Waals surface area contributed by atoms with E-state index in [4.69, 9.17) is 11.6 Å². The van der Waals surface area contributed by atoms with Gasteiger partial charge in [0.2, 0.25) is 5.91 Å². The SMILES string of the molecule is CC[C@@H](C)NC(=O)CSc1nc2ccccc2c(=O)n1-c1cccc(Cl)c1C. The van der Waals surface area contributed by atoms with Gasteiger partial charge in [-0.2, -0.15) is 0 Å². The van der Waals surface area contributed by atoms with Crippen molar-refractivity contribution in [2.45, 2.75) is 38.4 Å². The number of halogens is 1. The summed E-state index contributed by atoms with van der Waals surface area (Å²) in [5.41, 5.74) is 1.88. The lowest BCUT2D eigenvalue weighted by Crippen LogP contribution is -2.33. The third-order valence-corrected chi connectivity index (χ3v) is 5.93. The van der Waals surface area contributed by atoms with Crippen molar-refractivity contribution in [3.8, 4) is 5.69 Å². The average Bonchev–Trinajstić information content (AvgIpc) is 2.69. The second-order valence-electron chi connectivity index (χ2n) is 6.60. The quantitative estimate of drug-likeness (QED) is 0.480. The van der Waals surface area contributed by atoms with Crippen molar-refractivity contribution >= 4 is 40.2 Å². The number of carbonyl (C=O) groups is 1. The van der Waals surface area contributed by atoms with E-state index in [9.17, 15) is 9.59 Å². The largest absolute Gasteiger partial charge is 0.353 e. The number of fused-ring (bicyclic) bond motifs is 1. The van der Waals surface area contributed by atoms with Crippen molar-refractivity contribution in [1.29, 1.82) is 0 Å². The molecule has 1 N–H and O–H groups in total. The Morgan fingerprint density at radius 2 is 2.00 bits per heavy atom. The number of nitrogens with zero attached hydrogens (tertiary/aromatic N) is 2. The van der Waals surface area contributed by atoms with Crippen molar-refractivity contribution in [3.05, 3.63) is 63.4 Å². The second kappa shape index (κ2) is 8.80. The molecule has 0 spiro atoms. The molecule has 5 nitrogen and oxygen atoms in total. The zero-order chi connectivity index (χ0) is 20.3. The Bertz CT molecular complexity index is 1080. The topological polar surface area (TPSA) is 64.0 Å². The number of nitrogens with one attached hydrogen (secondary N) is 1. The van der Waals surface area contributed by atoms with E-state index in [1.165, 1.54) is 11.8 Å². The highest BCUT2D eigenvalue weighted by atomic mass is 35.5. The normalized spacial score (nSPS) is 12.1. The predicted molar refractivity (Wildman–Crippen MR) is 116 cm³/mol. The molecule has 146 valence electrons. The van der Waals surface area contributed by atoms with Gasteiger partial charge in [0, 0.05) is 11.1 Å². The molecule has 28 heavy (non-hydrogen) atoms. The van der Waals surface area contributed by atoms with Gasteiger partial charge in [-0.1, -0.05) is 48.5 Å². The Morgan fingerprint density at radius 1 is 1.25 bits per heavy atom. The Morgan fingerprint density at radius 3 is 2.75 bits per heavy atom. The number of benzene rings is 2. The van der Waals surface area contributed by atoms with Gasteiger partial charge in [-0.25, -0.2) is 4.98 Å². The van der Waals surface area contributed by atoms with E-state index < -0.39 is 0 Å². The summed E-state index contributed by atoms with van der Waals surface area (Å²) in [6.07, 6.45) is 0.858. The van der Waals surface area contributed by atoms with Crippen LogP contribution in [-0.4, -0.2) is 27.3 Å². The Hall–Kier alpha value is -2.31. The minimum Gasteiger partial charge on any atom is -0.353 e. The fourth-order valence-electron chi connectivity index (χ4n) is 2.81. The van der Waals surface area contributed by atoms with Crippen molar-refractivity contribution < 1.29 is 4.79 Å². The fraction of sp³-hybridized carbons (Fsp3) is 0.286. The van der Waals surface area contributed by atoms with Crippen LogP contribution in [0.25, 0.3) is 16.6 Å². The maximum atomic E-state index is 13.2. The average molecular weight is 416 g/mol. The molecule has 0 radical (unpaired) electrons. The smallest absolute Gasteiger partial charge is 0.266 e. The lowest BCUT2D eigenvalue weighted by molar-refractivity contribution is -0.119. The number of hydrogen-bond donors (Lipinski definition) is 1. The van der Waals surface area contributed by atoms with E-state index in [0.29, 0.717) is 26.8 Å². The van der Waals surface area contributed by atoms with Gasteiger partial charge >= 0.3 is 0 Å². The van der Waals surface area contributed by atoms with Crippen molar-refractivity contribution in [1.82, 2.24) is 14.9 Å². The molecular formula is C21H22ClN3O2S. The molecule has 3 aromatic rings. The van der Waals surface area contributed by atoms with Gasteiger partial charge in [0.25, 0.3) is 5.56 Å². The molecule has 1 aromatic heterocycles. The number of aromatic nitrogens is 2. The van der Waals surface area contributed by atoms with E-state index in [-0.39, 0.29) is 23.3 Å². The molecule has 0 aliphatic heterocycles. The van der Waals surface area contributed by atoms with Gasteiger partial charge in [0.1, 0.15) is 0 Å². The molecule has 0 aliphatic rings. The van der Waals surface area contributed by atoms with Gasteiger partial charge in [0.15, 0.2) is 5.16 Å². The predicted octanol–water partition coefficient (Wildman–Crippen LogP) is 4.35. The van der Waals surface area contributed by atoms with Crippen LogP contribution < -0.4 is 10.9 Å². The van der Waals surface area contributed by atoms with Crippen LogP contribution in [0.5, 0.6) is 0 Å². The summed E-state index contributed by atoms with van der Waals surface area (Å²) in [4.78, 5) is 30.1. The summed E-state index contributed by atoms with van der Waals surface area (Å²) in [6, 6.07) is 12.7. The third-order valence-electron chi connectivity index (χ3n) is 4.58. The van der Waals surface area contributed by atoms with Crippen LogP contribution >= 0.6 is 23.4 Å². The van der Waals surface area contributed by atoms with Gasteiger partial charge in [-0.15, -0.1) is 0 Å². The van der Waals surface area contributed by atoms with Gasteiger partial charge in [-0.05, 0) is 50.1 Å². The number of hydrogen-bond acceptors (Lipinski definition) is 4. The van der Waals surface area contributed by atoms with E-state index in [0.717, 1.165) is 12.0 Å². The standard InChI is InChI=1S/C21H22ClN3O2S/c1-4-13(2)23-19(26)12-28-21-24-17-10-6-5-8-15(17)20(27)25(21)18-11-7-9-16(22)14(18)3/h5-11,13H,4,12H2,1-3H3,(H,23,26)/t13-/m1/s1. The third kappa shape index (κ3) is 4.23. The van der Waals surface area contributed by atoms with Crippen LogP contribution in [0.3, 0.4) is 0 Å². The van der Waals surface area contributed by atoms with Crippen LogP contribution in [0.4, 0.5) is 0 Å². The summed E-state index contributed by atoms with van der Waals surface area (Å²) in [5.74, 6) is 0.0884. The maximum absolute atomic E-state index is 13.2. The van der Waals surface area contributed by atoms with E-state index in [2.05, 4.69) is 10.3 Å². The van der Waals surface area contributed by atoms with Gasteiger partial charge in [0.05, 0.1) is 22.3 Å². The highest BCUT2D eigenvalue weighted by Gasteiger charge is 2.17. The molecule has 0 aliphatic carbocycles. The molecule has 2 aromatic carbocycles. The first kappa shape index (κ1) is 20.4. The molecular weight excluding hydrogens is 394 g/mol. The van der Waals surface area contributed by atoms with Crippen LogP contribution in [0.15, 0.2) is 52.4 Å². The van der Waals surface area contributed by atoms with Crippen LogP contribution in [-0.2, 0) is 4.79 Å². The zero-order valence-corrected chi connectivity index (χ0v) is 17.6. The number of amides is 1. The Kier molecular flexibility index (Phi) is 6.42. The van der Waals surface area contributed by atoms with Crippen molar-refractivity contribution in [2.24, 2.45) is 0 Å². The zero-order valence-electron chi connectivity index (χ0n) is 16.0. The number of thioether (sulfide) groups is 1. The van der Waals surface area contributed by atoms with E-state index >= 15 is 0 Å². The van der Waals surface area contributed by atoms with Crippen molar-refractivity contribution in [2.75, 3.05) is 5.75 Å². The van der Waals surface area contributed by atoms with E-state index in [1.54, 1.807) is 28.8 Å². The first-order valence-electron chi connectivity index (χ1n) is 9.11. The molecule has 0 fully saturated rings. The lowest BCUT2D eigenvalue weighted by Gasteiger charge is -2.16. The first-order valence-corrected chi connectivity index (χ1v) is 10.5. The Labute approximate surface area is 173 Å². The minimum absolute atomic E-state index is 0.0869. The summed E-state index contributed by atoms with van der Waals surface area (Å²) in [7, 11) is 0. The van der Waals surface area contributed by atoms with Crippen LogP contribution in [0, 0.1) is 6.92 Å². The molecule has 1 atom stereocenters. The molecule has 0 saturated heterocycles. The van der Waals surface area contributed by atoms with Crippen molar-refractivity contribution in [3.63, 3.8) is 0 Å². The van der Waals surface area contributed by atoms with E-state index in [1.807, 2.05) is 39.0 Å². The molecule has 1 amide bonds. The summed E-state index contributed by atoms with van der Waals surface area (Å²) >= 11 is 7.52. The Balaban J connectivity index is 2.09.